The molecular weight excluding hydrogens is 310 g/mol. The minimum Gasteiger partial charge on any atom is -0.480 e. The molecule has 2 aromatic rings. The summed E-state index contributed by atoms with van der Waals surface area (Å²) in [5.41, 5.74) is 0.681. The van der Waals surface area contributed by atoms with E-state index in [9.17, 15) is 4.79 Å². The molecule has 0 spiro atoms. The SMILES string of the molecule is O=C(O)Cn1cnc2c(Cl)c(Cl)c(Cl)c(Cl)c21. The highest BCUT2D eigenvalue weighted by molar-refractivity contribution is 6.55. The van der Waals surface area contributed by atoms with Crippen LogP contribution in [-0.2, 0) is 11.3 Å². The number of rotatable bonds is 2. The molecule has 4 nitrogen and oxygen atoms in total. The molecule has 0 saturated carbocycles. The van der Waals surface area contributed by atoms with Gasteiger partial charge in [-0.1, -0.05) is 46.4 Å². The molecule has 0 fully saturated rings. The second-order valence-corrected chi connectivity index (χ2v) is 4.73. The highest BCUT2D eigenvalue weighted by Crippen LogP contribution is 2.42. The zero-order valence-electron chi connectivity index (χ0n) is 8.05. The van der Waals surface area contributed by atoms with Crippen LogP contribution in [0, 0.1) is 0 Å². The van der Waals surface area contributed by atoms with Crippen molar-refractivity contribution < 1.29 is 9.90 Å². The Labute approximate surface area is 116 Å². The number of carboxylic acids is 1. The molecule has 0 aliphatic rings. The number of fused-ring (bicyclic) bond motifs is 1. The second kappa shape index (κ2) is 4.53. The number of hydrogen-bond acceptors (Lipinski definition) is 2. The maximum absolute atomic E-state index is 10.7. The third kappa shape index (κ3) is 2.06. The average Bonchev–Trinajstić information content (AvgIpc) is 2.66. The lowest BCUT2D eigenvalue weighted by molar-refractivity contribution is -0.137. The van der Waals surface area contributed by atoms with Crippen LogP contribution in [0.2, 0.25) is 20.1 Å². The molecule has 1 aromatic carbocycles. The molecule has 0 saturated heterocycles. The van der Waals surface area contributed by atoms with Gasteiger partial charge in [0, 0.05) is 0 Å². The number of nitrogens with zero attached hydrogens (tertiary/aromatic N) is 2. The van der Waals surface area contributed by atoms with Crippen LogP contribution >= 0.6 is 46.4 Å². The zero-order valence-corrected chi connectivity index (χ0v) is 11.1. The number of hydrogen-bond donors (Lipinski definition) is 1. The predicted molar refractivity (Wildman–Crippen MR) is 67.4 cm³/mol. The number of aliphatic carboxylic acids is 1. The first-order valence-corrected chi connectivity index (χ1v) is 5.83. The van der Waals surface area contributed by atoms with Crippen LogP contribution in [0.15, 0.2) is 6.33 Å². The van der Waals surface area contributed by atoms with Gasteiger partial charge in [-0.2, -0.15) is 0 Å². The van der Waals surface area contributed by atoms with Gasteiger partial charge in [-0.3, -0.25) is 4.79 Å². The van der Waals surface area contributed by atoms with Gasteiger partial charge in [0.1, 0.15) is 12.1 Å². The van der Waals surface area contributed by atoms with Crippen LogP contribution in [-0.4, -0.2) is 20.6 Å². The van der Waals surface area contributed by atoms with Crippen LogP contribution in [0.1, 0.15) is 0 Å². The predicted octanol–water partition coefficient (Wildman–Crippen LogP) is 3.73. The molecule has 1 heterocycles. The van der Waals surface area contributed by atoms with Crippen LogP contribution in [0.25, 0.3) is 11.0 Å². The Morgan fingerprint density at radius 1 is 1.18 bits per heavy atom. The summed E-state index contributed by atoms with van der Waals surface area (Å²) in [7, 11) is 0. The first-order chi connectivity index (χ1) is 7.93. The number of carboxylic acid groups (broad SMARTS) is 1. The number of benzene rings is 1. The molecule has 0 aliphatic heterocycles. The highest BCUT2D eigenvalue weighted by atomic mass is 35.5. The third-order valence-electron chi connectivity index (χ3n) is 2.14. The summed E-state index contributed by atoms with van der Waals surface area (Å²) in [5, 5.41) is 9.22. The molecule has 0 bridgehead atoms. The van der Waals surface area contributed by atoms with Gasteiger partial charge >= 0.3 is 5.97 Å². The van der Waals surface area contributed by atoms with E-state index in [4.69, 9.17) is 51.5 Å². The molecule has 17 heavy (non-hydrogen) atoms. The van der Waals surface area contributed by atoms with Gasteiger partial charge in [-0.15, -0.1) is 0 Å². The Kier molecular flexibility index (Phi) is 3.41. The summed E-state index contributed by atoms with van der Waals surface area (Å²) >= 11 is 23.7. The quantitative estimate of drug-likeness (QED) is 0.679. The average molecular weight is 314 g/mol. The van der Waals surface area contributed by atoms with E-state index in [0.717, 1.165) is 0 Å². The van der Waals surface area contributed by atoms with E-state index < -0.39 is 5.97 Å². The Morgan fingerprint density at radius 3 is 2.35 bits per heavy atom. The second-order valence-electron chi connectivity index (χ2n) is 3.22. The van der Waals surface area contributed by atoms with Crippen molar-refractivity contribution in [2.24, 2.45) is 0 Å². The van der Waals surface area contributed by atoms with Gasteiger partial charge in [-0.05, 0) is 0 Å². The fourth-order valence-electron chi connectivity index (χ4n) is 1.44. The Balaban J connectivity index is 2.80. The van der Waals surface area contributed by atoms with E-state index in [-0.39, 0.29) is 26.6 Å². The molecule has 0 aliphatic carbocycles. The van der Waals surface area contributed by atoms with E-state index in [1.807, 2.05) is 0 Å². The first-order valence-electron chi connectivity index (χ1n) is 4.32. The first kappa shape index (κ1) is 12.8. The Morgan fingerprint density at radius 2 is 1.76 bits per heavy atom. The van der Waals surface area contributed by atoms with Gasteiger partial charge in [0.15, 0.2) is 0 Å². The summed E-state index contributed by atoms with van der Waals surface area (Å²) in [6.45, 7) is -0.287. The van der Waals surface area contributed by atoms with Crippen LogP contribution in [0.4, 0.5) is 0 Å². The van der Waals surface area contributed by atoms with Crippen molar-refractivity contribution in [3.63, 3.8) is 0 Å². The molecular formula is C9H4Cl4N2O2. The number of halogens is 4. The van der Waals surface area contributed by atoms with Gasteiger partial charge in [0.05, 0.1) is 31.9 Å². The number of carbonyl (C=O) groups is 1. The summed E-state index contributed by atoms with van der Waals surface area (Å²) in [6.07, 6.45) is 1.32. The topological polar surface area (TPSA) is 55.1 Å². The van der Waals surface area contributed by atoms with E-state index in [2.05, 4.69) is 4.98 Å². The summed E-state index contributed by atoms with van der Waals surface area (Å²) in [4.78, 5) is 14.6. The van der Waals surface area contributed by atoms with Crippen LogP contribution in [0.3, 0.4) is 0 Å². The maximum atomic E-state index is 10.7. The Hall–Kier alpha value is -0.680. The fraction of sp³-hybridized carbons (Fsp3) is 0.111. The van der Waals surface area contributed by atoms with Crippen molar-refractivity contribution in [3.05, 3.63) is 26.4 Å². The van der Waals surface area contributed by atoms with Crippen molar-refractivity contribution in [1.29, 1.82) is 0 Å². The van der Waals surface area contributed by atoms with Crippen molar-refractivity contribution in [3.8, 4) is 0 Å². The lowest BCUT2D eigenvalue weighted by atomic mass is 10.3. The Bertz CT molecular complexity index is 623. The van der Waals surface area contributed by atoms with Gasteiger partial charge in [0.2, 0.25) is 0 Å². The molecule has 8 heteroatoms. The van der Waals surface area contributed by atoms with Crippen molar-refractivity contribution >= 4 is 63.4 Å². The summed E-state index contributed by atoms with van der Waals surface area (Å²) in [6, 6.07) is 0. The molecule has 0 amide bonds. The molecule has 1 N–H and O–H groups in total. The molecule has 90 valence electrons. The van der Waals surface area contributed by atoms with E-state index in [1.54, 1.807) is 0 Å². The molecule has 0 atom stereocenters. The lowest BCUT2D eigenvalue weighted by Gasteiger charge is -2.06. The van der Waals surface area contributed by atoms with Crippen molar-refractivity contribution in [2.75, 3.05) is 0 Å². The molecule has 0 radical (unpaired) electrons. The lowest BCUT2D eigenvalue weighted by Crippen LogP contribution is -2.07. The van der Waals surface area contributed by atoms with Gasteiger partial charge < -0.3 is 9.67 Å². The number of aromatic nitrogens is 2. The summed E-state index contributed by atoms with van der Waals surface area (Å²) < 4.78 is 1.34. The molecule has 0 unspecified atom stereocenters. The van der Waals surface area contributed by atoms with E-state index in [0.29, 0.717) is 11.0 Å². The minimum atomic E-state index is -1.03. The minimum absolute atomic E-state index is 0.0815. The standard InChI is InChI=1S/C9H4Cl4N2O2/c10-4-5(11)7(13)9-8(6(4)12)14-2-15(9)1-3(16)17/h2H,1H2,(H,16,17). The number of imidazole rings is 1. The summed E-state index contributed by atoms with van der Waals surface area (Å²) in [5.74, 6) is -1.03. The fourth-order valence-corrected chi connectivity index (χ4v) is 2.43. The van der Waals surface area contributed by atoms with Crippen LogP contribution < -0.4 is 0 Å². The molecule has 2 rings (SSSR count). The maximum Gasteiger partial charge on any atom is 0.323 e. The molecule has 1 aromatic heterocycles. The van der Waals surface area contributed by atoms with Crippen molar-refractivity contribution in [1.82, 2.24) is 9.55 Å². The largest absolute Gasteiger partial charge is 0.480 e. The smallest absolute Gasteiger partial charge is 0.323 e. The zero-order chi connectivity index (χ0) is 12.7. The van der Waals surface area contributed by atoms with Gasteiger partial charge in [-0.25, -0.2) is 4.98 Å². The van der Waals surface area contributed by atoms with Crippen LogP contribution in [0.5, 0.6) is 0 Å². The normalized spacial score (nSPS) is 11.1. The highest BCUT2D eigenvalue weighted by Gasteiger charge is 2.19. The monoisotopic (exact) mass is 312 g/mol. The van der Waals surface area contributed by atoms with E-state index in [1.165, 1.54) is 10.9 Å². The third-order valence-corrected chi connectivity index (χ3v) is 3.92. The van der Waals surface area contributed by atoms with E-state index >= 15 is 0 Å². The van der Waals surface area contributed by atoms with Gasteiger partial charge in [0.25, 0.3) is 0 Å². The van der Waals surface area contributed by atoms with Crippen molar-refractivity contribution in [2.45, 2.75) is 6.54 Å².